The molecule has 9 nitrogen and oxygen atoms in total. The average Bonchev–Trinajstić information content (AvgIpc) is 3.04. The zero-order valence-corrected chi connectivity index (χ0v) is 12.1. The number of aromatic nitrogens is 6. The highest BCUT2D eigenvalue weighted by molar-refractivity contribution is 5.39. The molecule has 1 N–H and O–H groups in total. The summed E-state index contributed by atoms with van der Waals surface area (Å²) in [4.78, 5) is 18.7. The molecule has 0 saturated carbocycles. The Labute approximate surface area is 122 Å². The van der Waals surface area contributed by atoms with Gasteiger partial charge in [0.2, 0.25) is 11.9 Å². The molecule has 0 bridgehead atoms. The Morgan fingerprint density at radius 3 is 2.90 bits per heavy atom. The SMILES string of the molecule is CCCNc1nc(N(C)CCC#N)nc(-n2cncn2)n1. The quantitative estimate of drug-likeness (QED) is 0.789. The van der Waals surface area contributed by atoms with Crippen molar-refractivity contribution >= 4 is 11.9 Å². The van der Waals surface area contributed by atoms with Gasteiger partial charge in [-0.15, -0.1) is 0 Å². The minimum Gasteiger partial charge on any atom is -0.354 e. The van der Waals surface area contributed by atoms with E-state index in [2.05, 4.69) is 43.3 Å². The van der Waals surface area contributed by atoms with E-state index in [4.69, 9.17) is 5.26 Å². The Morgan fingerprint density at radius 1 is 1.38 bits per heavy atom. The summed E-state index contributed by atoms with van der Waals surface area (Å²) in [6, 6.07) is 2.10. The van der Waals surface area contributed by atoms with E-state index in [0.717, 1.165) is 13.0 Å². The van der Waals surface area contributed by atoms with E-state index in [1.54, 1.807) is 0 Å². The molecule has 0 aromatic carbocycles. The number of hydrogen-bond donors (Lipinski definition) is 1. The molecular formula is C12H17N9. The van der Waals surface area contributed by atoms with Crippen LogP contribution < -0.4 is 10.2 Å². The van der Waals surface area contributed by atoms with Crippen molar-refractivity contribution in [1.29, 1.82) is 5.26 Å². The lowest BCUT2D eigenvalue weighted by Crippen LogP contribution is -2.23. The van der Waals surface area contributed by atoms with Crippen LogP contribution in [0, 0.1) is 11.3 Å². The second-order valence-corrected chi connectivity index (χ2v) is 4.36. The van der Waals surface area contributed by atoms with Crippen molar-refractivity contribution in [2.24, 2.45) is 0 Å². The number of nitrogens with one attached hydrogen (secondary N) is 1. The second-order valence-electron chi connectivity index (χ2n) is 4.36. The van der Waals surface area contributed by atoms with Crippen LogP contribution in [0.2, 0.25) is 0 Å². The molecule has 2 rings (SSSR count). The highest BCUT2D eigenvalue weighted by atomic mass is 15.4. The maximum absolute atomic E-state index is 8.67. The second kappa shape index (κ2) is 7.14. The summed E-state index contributed by atoms with van der Waals surface area (Å²) in [5, 5.41) is 15.8. The molecule has 0 saturated heterocycles. The maximum Gasteiger partial charge on any atom is 0.258 e. The van der Waals surface area contributed by atoms with Gasteiger partial charge in [-0.1, -0.05) is 6.92 Å². The molecule has 2 aromatic heterocycles. The van der Waals surface area contributed by atoms with Gasteiger partial charge < -0.3 is 10.2 Å². The molecule has 0 unspecified atom stereocenters. The minimum atomic E-state index is 0.389. The molecule has 0 aliphatic carbocycles. The third kappa shape index (κ3) is 3.85. The first-order chi connectivity index (χ1) is 10.2. The van der Waals surface area contributed by atoms with Gasteiger partial charge in [0.15, 0.2) is 0 Å². The molecule has 0 atom stereocenters. The zero-order chi connectivity index (χ0) is 15.1. The number of rotatable bonds is 7. The predicted molar refractivity (Wildman–Crippen MR) is 77.0 cm³/mol. The van der Waals surface area contributed by atoms with Crippen LogP contribution in [0.15, 0.2) is 12.7 Å². The fourth-order valence-electron chi connectivity index (χ4n) is 1.57. The number of nitriles is 1. The molecule has 0 radical (unpaired) electrons. The van der Waals surface area contributed by atoms with Gasteiger partial charge in [0, 0.05) is 20.1 Å². The van der Waals surface area contributed by atoms with Crippen molar-refractivity contribution in [3.8, 4) is 12.0 Å². The van der Waals surface area contributed by atoms with Gasteiger partial charge >= 0.3 is 0 Å². The van der Waals surface area contributed by atoms with Gasteiger partial charge in [-0.2, -0.15) is 30.0 Å². The Hall–Kier alpha value is -2.76. The van der Waals surface area contributed by atoms with Crippen LogP contribution in [-0.4, -0.2) is 49.9 Å². The van der Waals surface area contributed by atoms with Gasteiger partial charge in [0.05, 0.1) is 12.5 Å². The third-order valence-corrected chi connectivity index (χ3v) is 2.67. The molecule has 0 aliphatic rings. The van der Waals surface area contributed by atoms with E-state index in [1.165, 1.54) is 17.3 Å². The molecule has 0 fully saturated rings. The van der Waals surface area contributed by atoms with Gasteiger partial charge in [-0.25, -0.2) is 4.98 Å². The summed E-state index contributed by atoms with van der Waals surface area (Å²) >= 11 is 0. The molecule has 2 heterocycles. The fourth-order valence-corrected chi connectivity index (χ4v) is 1.57. The molecule has 2 aromatic rings. The van der Waals surface area contributed by atoms with Crippen LogP contribution >= 0.6 is 0 Å². The van der Waals surface area contributed by atoms with E-state index < -0.39 is 0 Å². The topological polar surface area (TPSA) is 108 Å². The van der Waals surface area contributed by atoms with Crippen LogP contribution in [0.4, 0.5) is 11.9 Å². The van der Waals surface area contributed by atoms with Crippen molar-refractivity contribution in [2.75, 3.05) is 30.4 Å². The van der Waals surface area contributed by atoms with Crippen molar-refractivity contribution in [2.45, 2.75) is 19.8 Å². The van der Waals surface area contributed by atoms with Crippen molar-refractivity contribution < 1.29 is 0 Å². The van der Waals surface area contributed by atoms with Crippen LogP contribution in [0.3, 0.4) is 0 Å². The van der Waals surface area contributed by atoms with Crippen molar-refractivity contribution in [3.63, 3.8) is 0 Å². The lowest BCUT2D eigenvalue weighted by molar-refractivity contribution is 0.771. The van der Waals surface area contributed by atoms with Gasteiger partial charge in [0.25, 0.3) is 5.95 Å². The number of hydrogen-bond acceptors (Lipinski definition) is 8. The van der Waals surface area contributed by atoms with E-state index in [1.807, 2.05) is 11.9 Å². The molecular weight excluding hydrogens is 270 g/mol. The first-order valence-electron chi connectivity index (χ1n) is 6.67. The van der Waals surface area contributed by atoms with Crippen LogP contribution in [-0.2, 0) is 0 Å². The summed E-state index contributed by atoms with van der Waals surface area (Å²) in [7, 11) is 1.83. The largest absolute Gasteiger partial charge is 0.354 e. The first-order valence-corrected chi connectivity index (χ1v) is 6.67. The van der Waals surface area contributed by atoms with Crippen LogP contribution in [0.25, 0.3) is 5.95 Å². The highest BCUT2D eigenvalue weighted by Gasteiger charge is 2.11. The summed E-state index contributed by atoms with van der Waals surface area (Å²) in [5.41, 5.74) is 0. The van der Waals surface area contributed by atoms with Crippen LogP contribution in [0.5, 0.6) is 0 Å². The molecule has 110 valence electrons. The monoisotopic (exact) mass is 287 g/mol. The lowest BCUT2D eigenvalue weighted by atomic mass is 10.4. The Morgan fingerprint density at radius 2 is 2.24 bits per heavy atom. The molecule has 21 heavy (non-hydrogen) atoms. The highest BCUT2D eigenvalue weighted by Crippen LogP contribution is 2.12. The van der Waals surface area contributed by atoms with Crippen molar-refractivity contribution in [3.05, 3.63) is 12.7 Å². The summed E-state index contributed by atoms with van der Waals surface area (Å²) in [6.07, 6.45) is 4.31. The molecule has 0 amide bonds. The summed E-state index contributed by atoms with van der Waals surface area (Å²) in [6.45, 7) is 3.37. The third-order valence-electron chi connectivity index (χ3n) is 2.67. The average molecular weight is 287 g/mol. The predicted octanol–water partition coefficient (Wildman–Crippen LogP) is 0.624. The normalized spacial score (nSPS) is 10.1. The Balaban J connectivity index is 2.30. The summed E-state index contributed by atoms with van der Waals surface area (Å²) in [5.74, 6) is 1.36. The summed E-state index contributed by atoms with van der Waals surface area (Å²) < 4.78 is 1.47. The molecule has 9 heteroatoms. The van der Waals surface area contributed by atoms with Gasteiger partial charge in [0.1, 0.15) is 12.7 Å². The Bertz CT molecular complexity index is 602. The van der Waals surface area contributed by atoms with Crippen LogP contribution in [0.1, 0.15) is 19.8 Å². The van der Waals surface area contributed by atoms with E-state index in [0.29, 0.717) is 30.8 Å². The fraction of sp³-hybridized carbons (Fsp3) is 0.500. The number of nitrogens with zero attached hydrogens (tertiary/aromatic N) is 8. The zero-order valence-electron chi connectivity index (χ0n) is 12.1. The minimum absolute atomic E-state index is 0.389. The van der Waals surface area contributed by atoms with E-state index >= 15 is 0 Å². The lowest BCUT2D eigenvalue weighted by Gasteiger charge is -2.16. The smallest absolute Gasteiger partial charge is 0.258 e. The number of anilines is 2. The van der Waals surface area contributed by atoms with E-state index in [9.17, 15) is 0 Å². The Kier molecular flexibility index (Phi) is 4.98. The van der Waals surface area contributed by atoms with E-state index in [-0.39, 0.29) is 0 Å². The van der Waals surface area contributed by atoms with Gasteiger partial charge in [-0.05, 0) is 6.42 Å². The maximum atomic E-state index is 8.67. The van der Waals surface area contributed by atoms with Crippen molar-refractivity contribution in [1.82, 2.24) is 29.7 Å². The molecule has 0 aliphatic heterocycles. The standard InChI is InChI=1S/C12H17N9/c1-3-6-15-10-17-11(20(2)7-4-5-13)19-12(18-10)21-9-14-8-16-21/h8-9H,3-4,6-7H2,1-2H3,(H,15,17,18,19). The molecule has 0 spiro atoms. The first kappa shape index (κ1) is 14.6. The van der Waals surface area contributed by atoms with Gasteiger partial charge in [-0.3, -0.25) is 0 Å².